The molecule has 3 heterocycles. The molecule has 2 aliphatic rings. The third-order valence-corrected chi connectivity index (χ3v) is 5.28. The quantitative estimate of drug-likeness (QED) is 0.787. The predicted molar refractivity (Wildman–Crippen MR) is 102 cm³/mol. The molecule has 0 N–H and O–H groups in total. The summed E-state index contributed by atoms with van der Waals surface area (Å²) in [6.07, 6.45) is 10.1. The van der Waals surface area contributed by atoms with E-state index in [4.69, 9.17) is 0 Å². The van der Waals surface area contributed by atoms with Crippen molar-refractivity contribution in [2.24, 2.45) is 0 Å². The molecule has 0 unspecified atom stereocenters. The summed E-state index contributed by atoms with van der Waals surface area (Å²) in [5.41, 5.74) is 1.10. The summed E-state index contributed by atoms with van der Waals surface area (Å²) >= 11 is 0. The molecule has 0 aromatic carbocycles. The highest BCUT2D eigenvalue weighted by Gasteiger charge is 2.36. The molecule has 0 amide bonds. The highest BCUT2D eigenvalue weighted by atomic mass is 15.3. The minimum atomic E-state index is 0.564. The van der Waals surface area contributed by atoms with Crippen LogP contribution in [0.5, 0.6) is 0 Å². The molecule has 26 heavy (non-hydrogen) atoms. The van der Waals surface area contributed by atoms with Crippen LogP contribution in [0.4, 0.5) is 11.6 Å². The average molecular weight is 353 g/mol. The maximum Gasteiger partial charge on any atom is 0.134 e. The van der Waals surface area contributed by atoms with E-state index in [2.05, 4.69) is 35.8 Å². The van der Waals surface area contributed by atoms with E-state index in [1.165, 1.54) is 25.7 Å². The second-order valence-corrected chi connectivity index (χ2v) is 7.48. The van der Waals surface area contributed by atoms with Gasteiger partial charge in [0.15, 0.2) is 0 Å². The molecule has 2 aromatic heterocycles. The molecular formula is C19H27N7. The Morgan fingerprint density at radius 2 is 1.69 bits per heavy atom. The highest BCUT2D eigenvalue weighted by molar-refractivity contribution is 5.51. The summed E-state index contributed by atoms with van der Waals surface area (Å²) in [5.74, 6) is 2.06. The van der Waals surface area contributed by atoms with Crippen LogP contribution in [0.1, 0.15) is 31.4 Å². The van der Waals surface area contributed by atoms with E-state index in [0.717, 1.165) is 37.0 Å². The van der Waals surface area contributed by atoms with Gasteiger partial charge >= 0.3 is 0 Å². The lowest BCUT2D eigenvalue weighted by Crippen LogP contribution is -2.46. The summed E-state index contributed by atoms with van der Waals surface area (Å²) in [6.45, 7) is 3.12. The number of aromatic nitrogens is 4. The van der Waals surface area contributed by atoms with Crippen LogP contribution >= 0.6 is 0 Å². The van der Waals surface area contributed by atoms with E-state index >= 15 is 0 Å². The van der Waals surface area contributed by atoms with Gasteiger partial charge in [-0.05, 0) is 31.7 Å². The minimum Gasteiger partial charge on any atom is -0.363 e. The number of nitrogens with zero attached hydrogens (tertiary/aromatic N) is 7. The molecular weight excluding hydrogens is 326 g/mol. The van der Waals surface area contributed by atoms with Gasteiger partial charge in [0.2, 0.25) is 0 Å². The zero-order valence-corrected chi connectivity index (χ0v) is 15.6. The Hall–Kier alpha value is -2.28. The van der Waals surface area contributed by atoms with Gasteiger partial charge in [0.1, 0.15) is 24.3 Å². The van der Waals surface area contributed by atoms with Crippen molar-refractivity contribution in [2.45, 2.75) is 44.3 Å². The molecule has 1 aliphatic carbocycles. The Kier molecular flexibility index (Phi) is 4.97. The normalized spacial score (nSPS) is 18.7. The molecule has 138 valence electrons. The monoisotopic (exact) mass is 353 g/mol. The Balaban J connectivity index is 1.42. The van der Waals surface area contributed by atoms with Crippen molar-refractivity contribution in [3.05, 3.63) is 36.7 Å². The van der Waals surface area contributed by atoms with E-state index in [0.29, 0.717) is 12.1 Å². The molecule has 2 fully saturated rings. The molecule has 7 heteroatoms. The summed E-state index contributed by atoms with van der Waals surface area (Å²) < 4.78 is 0. The number of hydrogen-bond donors (Lipinski definition) is 0. The molecule has 0 atom stereocenters. The molecule has 2 aromatic rings. The predicted octanol–water partition coefficient (Wildman–Crippen LogP) is 1.97. The van der Waals surface area contributed by atoms with E-state index in [1.54, 1.807) is 12.7 Å². The number of piperidine rings is 1. The van der Waals surface area contributed by atoms with Gasteiger partial charge in [0.05, 0.1) is 5.69 Å². The number of hydrogen-bond acceptors (Lipinski definition) is 7. The SMILES string of the molecule is CN(C)c1cc(N(C2CC2)C2CCN(Cc3ccncn3)CC2)ncn1. The molecule has 0 radical (unpaired) electrons. The molecule has 1 aliphatic heterocycles. The second kappa shape index (κ2) is 7.53. The Morgan fingerprint density at radius 1 is 0.962 bits per heavy atom. The number of anilines is 2. The van der Waals surface area contributed by atoms with E-state index in [1.807, 2.05) is 31.3 Å². The summed E-state index contributed by atoms with van der Waals surface area (Å²) in [4.78, 5) is 24.4. The van der Waals surface area contributed by atoms with Crippen molar-refractivity contribution in [2.75, 3.05) is 37.0 Å². The zero-order chi connectivity index (χ0) is 17.9. The Labute approximate surface area is 155 Å². The fraction of sp³-hybridized carbons (Fsp3) is 0.579. The van der Waals surface area contributed by atoms with Gasteiger partial charge < -0.3 is 9.80 Å². The van der Waals surface area contributed by atoms with Crippen molar-refractivity contribution in [1.29, 1.82) is 0 Å². The molecule has 0 spiro atoms. The highest BCUT2D eigenvalue weighted by Crippen LogP contribution is 2.36. The fourth-order valence-electron chi connectivity index (χ4n) is 3.74. The van der Waals surface area contributed by atoms with Crippen LogP contribution in [0, 0.1) is 0 Å². The standard InChI is InChI=1S/C19H27N7/c1-24(2)18-11-19(23-14-22-18)26(16-3-4-16)17-6-9-25(10-7-17)12-15-5-8-20-13-21-15/h5,8,11,13-14,16-17H,3-4,6-7,9-10,12H2,1-2H3. The Morgan fingerprint density at radius 3 is 2.35 bits per heavy atom. The lowest BCUT2D eigenvalue weighted by atomic mass is 10.0. The first kappa shape index (κ1) is 17.1. The lowest BCUT2D eigenvalue weighted by molar-refractivity contribution is 0.198. The first-order chi connectivity index (χ1) is 12.7. The molecule has 0 bridgehead atoms. The van der Waals surface area contributed by atoms with Crippen molar-refractivity contribution in [3.8, 4) is 0 Å². The van der Waals surface area contributed by atoms with Gasteiger partial charge in [-0.3, -0.25) is 4.90 Å². The number of rotatable bonds is 6. The molecule has 1 saturated heterocycles. The van der Waals surface area contributed by atoms with Gasteiger partial charge in [-0.1, -0.05) is 0 Å². The van der Waals surface area contributed by atoms with Gasteiger partial charge in [0, 0.05) is 58.1 Å². The van der Waals surface area contributed by atoms with Crippen LogP contribution in [0.25, 0.3) is 0 Å². The topological polar surface area (TPSA) is 61.3 Å². The fourth-order valence-corrected chi connectivity index (χ4v) is 3.74. The van der Waals surface area contributed by atoms with E-state index in [-0.39, 0.29) is 0 Å². The van der Waals surface area contributed by atoms with Gasteiger partial charge in [-0.25, -0.2) is 19.9 Å². The van der Waals surface area contributed by atoms with Crippen LogP contribution in [0.15, 0.2) is 31.0 Å². The van der Waals surface area contributed by atoms with Crippen LogP contribution < -0.4 is 9.80 Å². The van der Waals surface area contributed by atoms with Crippen molar-refractivity contribution < 1.29 is 0 Å². The second-order valence-electron chi connectivity index (χ2n) is 7.48. The smallest absolute Gasteiger partial charge is 0.134 e. The van der Waals surface area contributed by atoms with E-state index < -0.39 is 0 Å². The van der Waals surface area contributed by atoms with Crippen LogP contribution in [0.2, 0.25) is 0 Å². The van der Waals surface area contributed by atoms with Crippen LogP contribution in [0.3, 0.4) is 0 Å². The Bertz CT molecular complexity index is 709. The minimum absolute atomic E-state index is 0.564. The van der Waals surface area contributed by atoms with Gasteiger partial charge in [0.25, 0.3) is 0 Å². The van der Waals surface area contributed by atoms with Crippen LogP contribution in [-0.2, 0) is 6.54 Å². The average Bonchev–Trinajstić information content (AvgIpc) is 3.49. The van der Waals surface area contributed by atoms with Gasteiger partial charge in [-0.15, -0.1) is 0 Å². The molecule has 4 rings (SSSR count). The maximum absolute atomic E-state index is 4.60. The van der Waals surface area contributed by atoms with Crippen LogP contribution in [-0.4, -0.2) is 64.1 Å². The summed E-state index contributed by atoms with van der Waals surface area (Å²) in [6, 6.07) is 5.35. The first-order valence-electron chi connectivity index (χ1n) is 9.45. The third kappa shape index (κ3) is 3.93. The molecule has 7 nitrogen and oxygen atoms in total. The maximum atomic E-state index is 4.60. The van der Waals surface area contributed by atoms with Crippen molar-refractivity contribution >= 4 is 11.6 Å². The van der Waals surface area contributed by atoms with Crippen molar-refractivity contribution in [1.82, 2.24) is 24.8 Å². The van der Waals surface area contributed by atoms with E-state index in [9.17, 15) is 0 Å². The molecule has 1 saturated carbocycles. The number of likely N-dealkylation sites (tertiary alicyclic amines) is 1. The van der Waals surface area contributed by atoms with Gasteiger partial charge in [-0.2, -0.15) is 0 Å². The first-order valence-corrected chi connectivity index (χ1v) is 9.45. The summed E-state index contributed by atoms with van der Waals surface area (Å²) in [7, 11) is 4.05. The third-order valence-electron chi connectivity index (χ3n) is 5.28. The van der Waals surface area contributed by atoms with Crippen molar-refractivity contribution in [3.63, 3.8) is 0 Å². The summed E-state index contributed by atoms with van der Waals surface area (Å²) in [5, 5.41) is 0. The largest absolute Gasteiger partial charge is 0.363 e. The lowest BCUT2D eigenvalue weighted by Gasteiger charge is -2.39. The zero-order valence-electron chi connectivity index (χ0n) is 15.6.